The molecule has 1 aliphatic carbocycles. The van der Waals surface area contributed by atoms with Gasteiger partial charge in [0.1, 0.15) is 24.4 Å². The highest BCUT2D eigenvalue weighted by Gasteiger charge is 2.59. The van der Waals surface area contributed by atoms with Gasteiger partial charge in [-0.25, -0.2) is 0 Å². The number of ether oxygens (including phenoxy) is 5. The third-order valence-corrected chi connectivity index (χ3v) is 5.87. The molecule has 0 N–H and O–H groups in total. The van der Waals surface area contributed by atoms with Gasteiger partial charge in [0, 0.05) is 12.8 Å². The van der Waals surface area contributed by atoms with E-state index in [-0.39, 0.29) is 36.8 Å². The van der Waals surface area contributed by atoms with Crippen LogP contribution in [-0.4, -0.2) is 61.8 Å². The highest BCUT2D eigenvalue weighted by Crippen LogP contribution is 2.47. The minimum Gasteiger partial charge on any atom is -0.469 e. The van der Waals surface area contributed by atoms with E-state index >= 15 is 0 Å². The highest BCUT2D eigenvalue weighted by atomic mass is 16.8. The van der Waals surface area contributed by atoms with E-state index in [2.05, 4.69) is 0 Å². The summed E-state index contributed by atoms with van der Waals surface area (Å²) in [5, 5.41) is 0. The molecule has 25 heavy (non-hydrogen) atoms. The Bertz CT molecular complexity index is 516. The summed E-state index contributed by atoms with van der Waals surface area (Å²) in [6.45, 7) is 0. The standard InChI is InChI=1S/C18H26O7/c1-21-14(20)9-11-5-6-12-15(22-11)17-16(13(10-19)23-12)24-18(25-17)7-3-2-4-8-18/h10-13,15-17H,2-9H2,1H3/t11-,12?,13+,15+,16-,17?/m1/s1. The van der Waals surface area contributed by atoms with E-state index in [9.17, 15) is 9.59 Å². The molecule has 7 heteroatoms. The largest absolute Gasteiger partial charge is 0.469 e. The van der Waals surface area contributed by atoms with Crippen molar-refractivity contribution in [1.29, 1.82) is 0 Å². The van der Waals surface area contributed by atoms with Gasteiger partial charge >= 0.3 is 5.97 Å². The summed E-state index contributed by atoms with van der Waals surface area (Å²) in [5.74, 6) is -0.888. The lowest BCUT2D eigenvalue weighted by Crippen LogP contribution is -2.60. The molecule has 0 amide bonds. The van der Waals surface area contributed by atoms with Crippen molar-refractivity contribution in [3.63, 3.8) is 0 Å². The van der Waals surface area contributed by atoms with E-state index in [0.29, 0.717) is 6.42 Å². The Hall–Kier alpha value is -1.02. The molecule has 140 valence electrons. The maximum atomic E-state index is 11.6. The van der Waals surface area contributed by atoms with E-state index in [1.165, 1.54) is 13.5 Å². The zero-order valence-electron chi connectivity index (χ0n) is 14.6. The van der Waals surface area contributed by atoms with Crippen molar-refractivity contribution in [3.8, 4) is 0 Å². The summed E-state index contributed by atoms with van der Waals surface area (Å²) >= 11 is 0. The molecule has 0 radical (unpaired) electrons. The van der Waals surface area contributed by atoms with Crippen LogP contribution in [0.1, 0.15) is 51.4 Å². The quantitative estimate of drug-likeness (QED) is 0.561. The second kappa shape index (κ2) is 6.95. The van der Waals surface area contributed by atoms with Crippen LogP contribution >= 0.6 is 0 Å². The van der Waals surface area contributed by atoms with Gasteiger partial charge in [0.15, 0.2) is 12.1 Å². The van der Waals surface area contributed by atoms with Crippen LogP contribution in [0.5, 0.6) is 0 Å². The van der Waals surface area contributed by atoms with E-state index in [1.807, 2.05) is 0 Å². The minimum absolute atomic E-state index is 0.201. The number of hydrogen-bond donors (Lipinski definition) is 0. The van der Waals surface area contributed by atoms with Crippen molar-refractivity contribution in [2.24, 2.45) is 0 Å². The zero-order valence-corrected chi connectivity index (χ0v) is 14.6. The summed E-state index contributed by atoms with van der Waals surface area (Å²) in [5.41, 5.74) is 0. The van der Waals surface area contributed by atoms with Crippen molar-refractivity contribution in [2.45, 2.75) is 93.8 Å². The van der Waals surface area contributed by atoms with Gasteiger partial charge in [-0.1, -0.05) is 6.42 Å². The Morgan fingerprint density at radius 2 is 1.84 bits per heavy atom. The van der Waals surface area contributed by atoms with Gasteiger partial charge in [0.05, 0.1) is 25.7 Å². The van der Waals surface area contributed by atoms with E-state index in [4.69, 9.17) is 23.7 Å². The topological polar surface area (TPSA) is 80.3 Å². The summed E-state index contributed by atoms with van der Waals surface area (Å²) in [6.07, 6.45) is 5.36. The minimum atomic E-state index is -0.617. The first kappa shape index (κ1) is 17.4. The fourth-order valence-electron chi connectivity index (χ4n) is 4.63. The second-order valence-electron chi connectivity index (χ2n) is 7.49. The number of fused-ring (bicyclic) bond motifs is 3. The first-order valence-electron chi connectivity index (χ1n) is 9.33. The van der Waals surface area contributed by atoms with Gasteiger partial charge in [-0.2, -0.15) is 0 Å². The Morgan fingerprint density at radius 1 is 1.08 bits per heavy atom. The number of carbonyl (C=O) groups excluding carboxylic acids is 2. The van der Waals surface area contributed by atoms with Crippen LogP contribution in [-0.2, 0) is 33.3 Å². The predicted octanol–water partition coefficient (Wildman–Crippen LogP) is 1.51. The van der Waals surface area contributed by atoms with Crippen LogP contribution in [0.15, 0.2) is 0 Å². The first-order valence-corrected chi connectivity index (χ1v) is 9.33. The Morgan fingerprint density at radius 3 is 2.56 bits per heavy atom. The molecule has 0 aromatic carbocycles. The monoisotopic (exact) mass is 354 g/mol. The first-order chi connectivity index (χ1) is 12.1. The van der Waals surface area contributed by atoms with Crippen LogP contribution < -0.4 is 0 Å². The van der Waals surface area contributed by atoms with Crippen molar-refractivity contribution in [1.82, 2.24) is 0 Å². The van der Waals surface area contributed by atoms with Crippen LogP contribution in [0.4, 0.5) is 0 Å². The SMILES string of the molecule is COC(=O)C[C@H]1CCC2O[C@@H](C=O)[C@H]3OC4(CCCCC4)OC3[C@H]2O1. The lowest BCUT2D eigenvalue weighted by Gasteiger charge is -2.45. The van der Waals surface area contributed by atoms with Gasteiger partial charge in [-0.05, 0) is 25.7 Å². The molecule has 6 atom stereocenters. The van der Waals surface area contributed by atoms with Gasteiger partial charge in [0.2, 0.25) is 0 Å². The summed E-state index contributed by atoms with van der Waals surface area (Å²) < 4.78 is 29.5. The smallest absolute Gasteiger partial charge is 0.308 e. The highest BCUT2D eigenvalue weighted by molar-refractivity contribution is 5.69. The third kappa shape index (κ3) is 3.23. The van der Waals surface area contributed by atoms with E-state index in [1.54, 1.807) is 0 Å². The van der Waals surface area contributed by atoms with Gasteiger partial charge in [-0.3, -0.25) is 4.79 Å². The van der Waals surface area contributed by atoms with Crippen molar-refractivity contribution < 1.29 is 33.3 Å². The molecule has 0 aromatic rings. The molecule has 7 nitrogen and oxygen atoms in total. The van der Waals surface area contributed by atoms with Crippen LogP contribution in [0.2, 0.25) is 0 Å². The average molecular weight is 354 g/mol. The molecule has 2 unspecified atom stereocenters. The Labute approximate surface area is 147 Å². The maximum absolute atomic E-state index is 11.6. The molecule has 4 fully saturated rings. The Kier molecular flexibility index (Phi) is 4.83. The lowest BCUT2D eigenvalue weighted by atomic mass is 9.89. The fraction of sp³-hybridized carbons (Fsp3) is 0.889. The second-order valence-corrected chi connectivity index (χ2v) is 7.49. The summed E-state index contributed by atoms with van der Waals surface area (Å²) in [6, 6.07) is 0. The molecule has 0 bridgehead atoms. The number of aldehydes is 1. The summed E-state index contributed by atoms with van der Waals surface area (Å²) in [4.78, 5) is 23.1. The summed E-state index contributed by atoms with van der Waals surface area (Å²) in [7, 11) is 1.38. The van der Waals surface area contributed by atoms with Crippen LogP contribution in [0, 0.1) is 0 Å². The molecular weight excluding hydrogens is 328 g/mol. The van der Waals surface area contributed by atoms with Crippen molar-refractivity contribution in [3.05, 3.63) is 0 Å². The van der Waals surface area contributed by atoms with Crippen LogP contribution in [0.25, 0.3) is 0 Å². The zero-order chi connectivity index (χ0) is 17.4. The van der Waals surface area contributed by atoms with Gasteiger partial charge in [-0.15, -0.1) is 0 Å². The molecule has 4 aliphatic rings. The van der Waals surface area contributed by atoms with Gasteiger partial charge < -0.3 is 28.5 Å². The number of methoxy groups -OCH3 is 1. The molecule has 3 aliphatic heterocycles. The molecule has 1 saturated carbocycles. The normalized spacial score (nSPS) is 42.4. The van der Waals surface area contributed by atoms with Gasteiger partial charge in [0.25, 0.3) is 0 Å². The lowest BCUT2D eigenvalue weighted by molar-refractivity contribution is -0.235. The molecule has 1 spiro atoms. The fourth-order valence-corrected chi connectivity index (χ4v) is 4.63. The molecular formula is C18H26O7. The molecule has 3 heterocycles. The van der Waals surface area contributed by atoms with Crippen molar-refractivity contribution in [2.75, 3.05) is 7.11 Å². The van der Waals surface area contributed by atoms with E-state index in [0.717, 1.165) is 38.4 Å². The number of carbonyl (C=O) groups is 2. The molecule has 3 saturated heterocycles. The average Bonchev–Trinajstić information content (AvgIpc) is 3.00. The number of esters is 1. The van der Waals surface area contributed by atoms with Crippen molar-refractivity contribution >= 4 is 12.3 Å². The number of hydrogen-bond acceptors (Lipinski definition) is 7. The number of rotatable bonds is 3. The maximum Gasteiger partial charge on any atom is 0.308 e. The third-order valence-electron chi connectivity index (χ3n) is 5.87. The van der Waals surface area contributed by atoms with E-state index < -0.39 is 18.0 Å². The molecule has 4 rings (SSSR count). The molecule has 0 aromatic heterocycles. The Balaban J connectivity index is 1.51. The predicted molar refractivity (Wildman–Crippen MR) is 84.8 cm³/mol. The van der Waals surface area contributed by atoms with Crippen LogP contribution in [0.3, 0.4) is 0 Å².